The van der Waals surface area contributed by atoms with E-state index in [4.69, 9.17) is 0 Å². The first kappa shape index (κ1) is 27.0. The summed E-state index contributed by atoms with van der Waals surface area (Å²) in [5, 5.41) is 19.5. The fourth-order valence-corrected chi connectivity index (χ4v) is 4.04. The third-order valence-corrected chi connectivity index (χ3v) is 5.80. The number of carbonyl (C=O) groups excluding carboxylic acids is 2. The van der Waals surface area contributed by atoms with Crippen molar-refractivity contribution in [3.05, 3.63) is 88.7 Å². The van der Waals surface area contributed by atoms with Crippen LogP contribution >= 0.6 is 0 Å². The molecule has 192 valence electrons. The number of aryl methyl sites for hydroxylation is 2. The molecular formula is C27H32F2N4O3. The van der Waals surface area contributed by atoms with Gasteiger partial charge in [0.1, 0.15) is 17.3 Å². The van der Waals surface area contributed by atoms with E-state index in [1.54, 1.807) is 17.8 Å². The van der Waals surface area contributed by atoms with E-state index >= 15 is 0 Å². The van der Waals surface area contributed by atoms with Crippen molar-refractivity contribution in [3.63, 3.8) is 0 Å². The third kappa shape index (κ3) is 7.73. The molecule has 0 radical (unpaired) electrons. The van der Waals surface area contributed by atoms with Crippen molar-refractivity contribution >= 4 is 17.5 Å². The lowest BCUT2D eigenvalue weighted by Gasteiger charge is -2.25. The fourth-order valence-electron chi connectivity index (χ4n) is 4.04. The highest BCUT2D eigenvalue weighted by Gasteiger charge is 2.24. The highest BCUT2D eigenvalue weighted by atomic mass is 19.1. The average molecular weight is 499 g/mol. The quantitative estimate of drug-likeness (QED) is 0.326. The molecule has 0 aliphatic carbocycles. The Bertz CT molecular complexity index is 1190. The Hall–Kier alpha value is -3.56. The number of hydrogen-bond acceptors (Lipinski definition) is 4. The molecule has 2 unspecified atom stereocenters. The fraction of sp³-hybridized carbons (Fsp3) is 0.333. The van der Waals surface area contributed by atoms with Gasteiger partial charge < -0.3 is 25.6 Å². The van der Waals surface area contributed by atoms with Gasteiger partial charge in [0.05, 0.1) is 17.8 Å². The lowest BCUT2D eigenvalue weighted by Crippen LogP contribution is -2.49. The second-order valence-corrected chi connectivity index (χ2v) is 8.84. The van der Waals surface area contributed by atoms with E-state index in [2.05, 4.69) is 28.9 Å². The number of carbonyl (C=O) groups is 2. The third-order valence-electron chi connectivity index (χ3n) is 5.80. The topological polar surface area (TPSA) is 95.4 Å². The Morgan fingerprint density at radius 1 is 1.03 bits per heavy atom. The van der Waals surface area contributed by atoms with Crippen molar-refractivity contribution in [2.24, 2.45) is 7.05 Å². The van der Waals surface area contributed by atoms with Crippen LogP contribution in [0.3, 0.4) is 0 Å². The minimum Gasteiger partial charge on any atom is -0.390 e. The monoisotopic (exact) mass is 498 g/mol. The molecule has 2 amide bonds. The maximum Gasteiger partial charge on any atom is 0.268 e. The predicted molar refractivity (Wildman–Crippen MR) is 135 cm³/mol. The number of hydrogen-bond donors (Lipinski definition) is 4. The van der Waals surface area contributed by atoms with Crippen LogP contribution in [0.2, 0.25) is 0 Å². The Balaban J connectivity index is 1.74. The number of aliphatic hydroxyl groups is 1. The van der Waals surface area contributed by atoms with E-state index in [0.717, 1.165) is 18.1 Å². The van der Waals surface area contributed by atoms with Crippen LogP contribution in [-0.4, -0.2) is 40.2 Å². The van der Waals surface area contributed by atoms with Gasteiger partial charge in [-0.2, -0.15) is 0 Å². The summed E-state index contributed by atoms with van der Waals surface area (Å²) in [4.78, 5) is 24.4. The zero-order chi connectivity index (χ0) is 26.2. The number of aliphatic hydroxyl groups excluding tert-OH is 1. The molecule has 0 fully saturated rings. The number of nitrogens with zero attached hydrogens (tertiary/aromatic N) is 1. The molecule has 0 bridgehead atoms. The molecule has 0 saturated carbocycles. The summed E-state index contributed by atoms with van der Waals surface area (Å²) in [6.07, 6.45) is 1.47. The van der Waals surface area contributed by atoms with Gasteiger partial charge in [-0.15, -0.1) is 0 Å². The number of nitrogens with one attached hydrogen (secondary N) is 3. The molecule has 7 nitrogen and oxygen atoms in total. The second kappa shape index (κ2) is 12.4. The van der Waals surface area contributed by atoms with Gasteiger partial charge in [0.15, 0.2) is 0 Å². The number of amides is 2. The molecule has 1 aromatic heterocycles. The first-order valence-corrected chi connectivity index (χ1v) is 11.8. The normalized spacial score (nSPS) is 12.7. The minimum atomic E-state index is -1.05. The van der Waals surface area contributed by atoms with Crippen molar-refractivity contribution in [3.8, 4) is 0 Å². The van der Waals surface area contributed by atoms with Gasteiger partial charge in [-0.1, -0.05) is 31.2 Å². The zero-order valence-electron chi connectivity index (χ0n) is 20.6. The summed E-state index contributed by atoms with van der Waals surface area (Å²) in [6, 6.07) is 11.9. The molecule has 2 atom stereocenters. The van der Waals surface area contributed by atoms with Crippen molar-refractivity contribution in [1.82, 2.24) is 15.2 Å². The molecule has 9 heteroatoms. The first-order valence-electron chi connectivity index (χ1n) is 11.8. The summed E-state index contributed by atoms with van der Waals surface area (Å²) < 4.78 is 29.1. The first-order chi connectivity index (χ1) is 17.1. The van der Waals surface area contributed by atoms with Crippen LogP contribution in [0.25, 0.3) is 0 Å². The summed E-state index contributed by atoms with van der Waals surface area (Å²) in [7, 11) is 1.65. The second-order valence-electron chi connectivity index (χ2n) is 8.84. The largest absolute Gasteiger partial charge is 0.390 e. The maximum atomic E-state index is 13.8. The number of benzene rings is 2. The molecule has 4 N–H and O–H groups in total. The minimum absolute atomic E-state index is 0.0115. The van der Waals surface area contributed by atoms with E-state index in [1.165, 1.54) is 30.7 Å². The molecule has 3 aromatic rings. The van der Waals surface area contributed by atoms with E-state index in [-0.39, 0.29) is 24.6 Å². The van der Waals surface area contributed by atoms with Crippen LogP contribution in [0, 0.1) is 11.6 Å². The van der Waals surface area contributed by atoms with Gasteiger partial charge in [-0.05, 0) is 47.7 Å². The van der Waals surface area contributed by atoms with Gasteiger partial charge in [-0.25, -0.2) is 8.78 Å². The highest BCUT2D eigenvalue weighted by molar-refractivity contribution is 5.96. The summed E-state index contributed by atoms with van der Waals surface area (Å²) in [5.74, 6) is -2.24. The zero-order valence-corrected chi connectivity index (χ0v) is 20.6. The van der Waals surface area contributed by atoms with Crippen LogP contribution in [-0.2, 0) is 31.2 Å². The van der Waals surface area contributed by atoms with Crippen LogP contribution in [0.4, 0.5) is 14.5 Å². The van der Waals surface area contributed by atoms with Gasteiger partial charge in [0, 0.05) is 39.3 Å². The van der Waals surface area contributed by atoms with Gasteiger partial charge in [0.25, 0.3) is 5.91 Å². The Morgan fingerprint density at radius 2 is 1.72 bits per heavy atom. The standard InChI is InChI=1S/C27H32F2N4O3/c1-4-18-6-5-7-19(8-18)14-30-15-26(35)24(11-20-9-21(28)12-22(29)10-20)32-27(36)25-13-23(16-33(25)3)31-17(2)34/h5-10,12-13,16,24,26,30,35H,4,11,14-15H2,1-3H3,(H,31,34)(H,32,36). The van der Waals surface area contributed by atoms with E-state index in [1.807, 2.05) is 18.2 Å². The smallest absolute Gasteiger partial charge is 0.268 e. The summed E-state index contributed by atoms with van der Waals surface area (Å²) in [6.45, 7) is 4.09. The SMILES string of the molecule is CCc1cccc(CNCC(O)C(Cc2cc(F)cc(F)c2)NC(=O)c2cc(NC(C)=O)cn2C)c1. The summed E-state index contributed by atoms with van der Waals surface area (Å²) >= 11 is 0. The Morgan fingerprint density at radius 3 is 2.39 bits per heavy atom. The summed E-state index contributed by atoms with van der Waals surface area (Å²) in [5.41, 5.74) is 3.28. The number of aromatic nitrogens is 1. The van der Waals surface area contributed by atoms with E-state index in [9.17, 15) is 23.5 Å². The molecule has 0 aliphatic heterocycles. The van der Waals surface area contributed by atoms with Crippen LogP contribution in [0.15, 0.2) is 54.7 Å². The molecule has 2 aromatic carbocycles. The van der Waals surface area contributed by atoms with Gasteiger partial charge in [-0.3, -0.25) is 9.59 Å². The number of halogens is 2. The number of rotatable bonds is 11. The molecular weight excluding hydrogens is 466 g/mol. The van der Waals surface area contributed by atoms with Crippen LogP contribution < -0.4 is 16.0 Å². The van der Waals surface area contributed by atoms with Crippen molar-refractivity contribution < 1.29 is 23.5 Å². The lowest BCUT2D eigenvalue weighted by atomic mass is 10.00. The average Bonchev–Trinajstić information content (AvgIpc) is 3.17. The molecule has 36 heavy (non-hydrogen) atoms. The molecule has 0 saturated heterocycles. The van der Waals surface area contributed by atoms with Crippen molar-refractivity contribution in [2.45, 2.75) is 45.4 Å². The highest BCUT2D eigenvalue weighted by Crippen LogP contribution is 2.16. The molecule has 1 heterocycles. The van der Waals surface area contributed by atoms with Crippen molar-refractivity contribution in [1.29, 1.82) is 0 Å². The molecule has 3 rings (SSSR count). The van der Waals surface area contributed by atoms with Crippen molar-refractivity contribution in [2.75, 3.05) is 11.9 Å². The van der Waals surface area contributed by atoms with E-state index in [0.29, 0.717) is 17.8 Å². The van der Waals surface area contributed by atoms with Gasteiger partial charge >= 0.3 is 0 Å². The molecule has 0 aliphatic rings. The van der Waals surface area contributed by atoms with E-state index < -0.39 is 29.7 Å². The Labute approximate surface area is 209 Å². The van der Waals surface area contributed by atoms with Crippen LogP contribution in [0.1, 0.15) is 41.0 Å². The predicted octanol–water partition coefficient (Wildman–Crippen LogP) is 3.32. The van der Waals surface area contributed by atoms with Crippen LogP contribution in [0.5, 0.6) is 0 Å². The Kier molecular flexibility index (Phi) is 9.32. The van der Waals surface area contributed by atoms with Gasteiger partial charge in [0.2, 0.25) is 5.91 Å². The number of anilines is 1. The lowest BCUT2D eigenvalue weighted by molar-refractivity contribution is -0.114. The molecule has 0 spiro atoms. The maximum absolute atomic E-state index is 13.8.